The molecule has 0 unspecified atom stereocenters. The second kappa shape index (κ2) is 4.56. The molecule has 0 aliphatic heterocycles. The second-order valence-electron chi connectivity index (χ2n) is 2.42. The Morgan fingerprint density at radius 1 is 1.86 bits per heavy atom. The molecule has 1 N–H and O–H groups in total. The molecule has 0 amide bonds. The van der Waals surface area contributed by atoms with Crippen LogP contribution in [0.15, 0.2) is 23.6 Å². The van der Waals surface area contributed by atoms with E-state index in [1.807, 2.05) is 5.38 Å². The van der Waals surface area contributed by atoms with Gasteiger partial charge in [-0.2, -0.15) is 0 Å². The summed E-state index contributed by atoms with van der Waals surface area (Å²) in [5.41, 5.74) is 0. The predicted molar refractivity (Wildman–Crippen MR) is 54.7 cm³/mol. The van der Waals surface area contributed by atoms with Crippen molar-refractivity contribution in [3.05, 3.63) is 33.7 Å². The van der Waals surface area contributed by atoms with Gasteiger partial charge in [-0.1, -0.05) is 0 Å². The highest BCUT2D eigenvalue weighted by Crippen LogP contribution is 2.18. The molecule has 0 saturated heterocycles. The molecular formula is C7H10N4O2S. The summed E-state index contributed by atoms with van der Waals surface area (Å²) in [6.45, 7) is 0. The van der Waals surface area contributed by atoms with Crippen molar-refractivity contribution >= 4 is 16.5 Å². The largest absolute Gasteiger partial charge is 0.369 e. The topological polar surface area (TPSA) is 71.3 Å². The van der Waals surface area contributed by atoms with Gasteiger partial charge in [0, 0.05) is 25.7 Å². The first kappa shape index (κ1) is 10.5. The molecule has 6 nitrogen and oxygen atoms in total. The van der Waals surface area contributed by atoms with Gasteiger partial charge in [-0.25, -0.2) is 4.98 Å². The fraction of sp³-hybridized carbons (Fsp3) is 0.286. The van der Waals surface area contributed by atoms with Gasteiger partial charge in [0.1, 0.15) is 0 Å². The maximum atomic E-state index is 10.3. The average molecular weight is 214 g/mol. The van der Waals surface area contributed by atoms with Gasteiger partial charge < -0.3 is 10.2 Å². The van der Waals surface area contributed by atoms with Gasteiger partial charge >= 0.3 is 0 Å². The average Bonchev–Trinajstić information content (AvgIpc) is 2.65. The van der Waals surface area contributed by atoms with Crippen LogP contribution in [0, 0.1) is 10.1 Å². The summed E-state index contributed by atoms with van der Waals surface area (Å²) in [5, 5.41) is 15.5. The first-order valence-corrected chi connectivity index (χ1v) is 4.69. The number of thiazole rings is 1. The Bertz CT molecular complexity index is 335. The third-order valence-electron chi connectivity index (χ3n) is 1.55. The van der Waals surface area contributed by atoms with E-state index >= 15 is 0 Å². The first-order valence-electron chi connectivity index (χ1n) is 3.81. The number of nitrogens with one attached hydrogen (secondary N) is 1. The van der Waals surface area contributed by atoms with E-state index in [2.05, 4.69) is 10.3 Å². The van der Waals surface area contributed by atoms with E-state index in [9.17, 15) is 10.1 Å². The quantitative estimate of drug-likeness (QED) is 0.595. The van der Waals surface area contributed by atoms with E-state index in [1.165, 1.54) is 11.3 Å². The molecule has 1 rings (SSSR count). The molecule has 1 aromatic heterocycles. The first-order chi connectivity index (χ1) is 6.65. The molecule has 0 bridgehead atoms. The Morgan fingerprint density at radius 3 is 3.00 bits per heavy atom. The Labute approximate surface area is 85.0 Å². The minimum atomic E-state index is -0.504. The van der Waals surface area contributed by atoms with E-state index in [-0.39, 0.29) is 0 Å². The third-order valence-corrected chi connectivity index (χ3v) is 2.40. The SMILES string of the molecule is CN/C(=C/[N+](=O)[O-])N(C)c1nccs1. The number of hydrogen-bond acceptors (Lipinski definition) is 6. The number of rotatable bonds is 4. The van der Waals surface area contributed by atoms with E-state index in [0.717, 1.165) is 6.20 Å². The van der Waals surface area contributed by atoms with Crippen LogP contribution in [-0.4, -0.2) is 24.0 Å². The zero-order valence-corrected chi connectivity index (χ0v) is 8.61. The molecule has 1 aromatic rings. The summed E-state index contributed by atoms with van der Waals surface area (Å²) < 4.78 is 0. The van der Waals surface area contributed by atoms with Crippen LogP contribution in [0.4, 0.5) is 5.13 Å². The lowest BCUT2D eigenvalue weighted by Crippen LogP contribution is -2.26. The zero-order valence-electron chi connectivity index (χ0n) is 7.80. The normalized spacial score (nSPS) is 11.1. The summed E-state index contributed by atoms with van der Waals surface area (Å²) in [6.07, 6.45) is 2.55. The van der Waals surface area contributed by atoms with Crippen LogP contribution >= 0.6 is 11.3 Å². The molecule has 7 heteroatoms. The molecule has 1 heterocycles. The molecule has 0 saturated carbocycles. The van der Waals surface area contributed by atoms with Gasteiger partial charge in [0.2, 0.25) is 0 Å². The van der Waals surface area contributed by atoms with Crippen LogP contribution < -0.4 is 10.2 Å². The standard InChI is InChI=1S/C7H10N4O2S/c1-8-6(5-11(12)13)10(2)7-9-3-4-14-7/h3-5,8H,1-2H3/b6-5-. The minimum absolute atomic E-state index is 0.393. The van der Waals surface area contributed by atoms with E-state index < -0.39 is 4.92 Å². The van der Waals surface area contributed by atoms with Crippen molar-refractivity contribution in [3.63, 3.8) is 0 Å². The Morgan fingerprint density at radius 2 is 2.57 bits per heavy atom. The summed E-state index contributed by atoms with van der Waals surface area (Å²) >= 11 is 1.41. The van der Waals surface area contributed by atoms with Gasteiger partial charge in [-0.3, -0.25) is 10.1 Å². The zero-order chi connectivity index (χ0) is 10.6. The monoisotopic (exact) mass is 214 g/mol. The van der Waals surface area contributed by atoms with Crippen molar-refractivity contribution in [1.82, 2.24) is 10.3 Å². The number of nitrogens with zero attached hydrogens (tertiary/aromatic N) is 3. The summed E-state index contributed by atoms with van der Waals surface area (Å²) in [4.78, 5) is 15.4. The molecule has 76 valence electrons. The van der Waals surface area contributed by atoms with Gasteiger partial charge in [0.15, 0.2) is 11.0 Å². The van der Waals surface area contributed by atoms with Crippen molar-refractivity contribution in [3.8, 4) is 0 Å². The molecular weight excluding hydrogens is 204 g/mol. The number of aromatic nitrogens is 1. The lowest BCUT2D eigenvalue weighted by Gasteiger charge is -2.16. The van der Waals surface area contributed by atoms with Crippen LogP contribution in [-0.2, 0) is 0 Å². The lowest BCUT2D eigenvalue weighted by molar-refractivity contribution is -0.403. The van der Waals surface area contributed by atoms with E-state index in [1.54, 1.807) is 25.2 Å². The number of nitro groups is 1. The van der Waals surface area contributed by atoms with Crippen LogP contribution in [0.25, 0.3) is 0 Å². The molecule has 0 atom stereocenters. The Hall–Kier alpha value is -1.63. The van der Waals surface area contributed by atoms with Gasteiger partial charge in [-0.05, 0) is 0 Å². The van der Waals surface area contributed by atoms with Crippen LogP contribution in [0.1, 0.15) is 0 Å². The summed E-state index contributed by atoms with van der Waals surface area (Å²) in [7, 11) is 3.34. The highest BCUT2D eigenvalue weighted by molar-refractivity contribution is 7.13. The summed E-state index contributed by atoms with van der Waals surface area (Å²) in [5.74, 6) is 0.393. The van der Waals surface area contributed by atoms with Gasteiger partial charge in [0.05, 0.1) is 4.92 Å². The van der Waals surface area contributed by atoms with Crippen molar-refractivity contribution < 1.29 is 4.92 Å². The molecule has 14 heavy (non-hydrogen) atoms. The molecule has 0 aromatic carbocycles. The number of hydrogen-bond donors (Lipinski definition) is 1. The second-order valence-corrected chi connectivity index (χ2v) is 3.30. The lowest BCUT2D eigenvalue weighted by atomic mass is 10.6. The van der Waals surface area contributed by atoms with E-state index in [4.69, 9.17) is 0 Å². The fourth-order valence-corrected chi connectivity index (χ4v) is 1.52. The maximum absolute atomic E-state index is 10.3. The molecule has 0 aliphatic carbocycles. The van der Waals surface area contributed by atoms with Crippen molar-refractivity contribution in [1.29, 1.82) is 0 Å². The highest BCUT2D eigenvalue weighted by atomic mass is 32.1. The maximum Gasteiger partial charge on any atom is 0.274 e. The Kier molecular flexibility index (Phi) is 3.41. The third kappa shape index (κ3) is 2.43. The molecule has 0 fully saturated rings. The van der Waals surface area contributed by atoms with Crippen LogP contribution in [0.3, 0.4) is 0 Å². The van der Waals surface area contributed by atoms with E-state index in [0.29, 0.717) is 11.0 Å². The van der Waals surface area contributed by atoms with Crippen molar-refractivity contribution in [2.45, 2.75) is 0 Å². The fourth-order valence-electron chi connectivity index (χ4n) is 0.903. The number of anilines is 1. The van der Waals surface area contributed by atoms with Gasteiger partial charge in [-0.15, -0.1) is 11.3 Å². The Balaban J connectivity index is 2.86. The van der Waals surface area contributed by atoms with Gasteiger partial charge in [0.25, 0.3) is 6.20 Å². The smallest absolute Gasteiger partial charge is 0.274 e. The van der Waals surface area contributed by atoms with Crippen molar-refractivity contribution in [2.75, 3.05) is 19.0 Å². The van der Waals surface area contributed by atoms with Crippen molar-refractivity contribution in [2.24, 2.45) is 0 Å². The molecule has 0 spiro atoms. The molecule has 0 radical (unpaired) electrons. The van der Waals surface area contributed by atoms with Crippen LogP contribution in [0.5, 0.6) is 0 Å². The predicted octanol–water partition coefficient (Wildman–Crippen LogP) is 0.874. The summed E-state index contributed by atoms with van der Waals surface area (Å²) in [6, 6.07) is 0. The molecule has 0 aliphatic rings. The highest BCUT2D eigenvalue weighted by Gasteiger charge is 2.10. The van der Waals surface area contributed by atoms with Crippen LogP contribution in [0.2, 0.25) is 0 Å². The minimum Gasteiger partial charge on any atom is -0.369 e.